The summed E-state index contributed by atoms with van der Waals surface area (Å²) >= 11 is 3.25. The molecule has 3 nitrogen and oxygen atoms in total. The van der Waals surface area contributed by atoms with Gasteiger partial charge in [0.2, 0.25) is 0 Å². The Kier molecular flexibility index (Phi) is 6.40. The number of ether oxygens (including phenoxy) is 2. The molecule has 0 aliphatic heterocycles. The van der Waals surface area contributed by atoms with Gasteiger partial charge in [0.15, 0.2) is 0 Å². The van der Waals surface area contributed by atoms with E-state index in [0.29, 0.717) is 11.9 Å². The van der Waals surface area contributed by atoms with Gasteiger partial charge in [-0.3, -0.25) is 0 Å². The van der Waals surface area contributed by atoms with Crippen molar-refractivity contribution in [1.29, 1.82) is 0 Å². The van der Waals surface area contributed by atoms with Gasteiger partial charge < -0.3 is 9.47 Å². The van der Waals surface area contributed by atoms with E-state index in [-0.39, 0.29) is 12.6 Å². The Morgan fingerprint density at radius 2 is 2.00 bits per heavy atom. The molecule has 0 amide bonds. The normalized spacial score (nSPS) is 11.1. The van der Waals surface area contributed by atoms with Gasteiger partial charge in [-0.15, -0.1) is 0 Å². The Bertz CT molecular complexity index is 374. The van der Waals surface area contributed by atoms with E-state index in [1.807, 2.05) is 37.3 Å². The fourth-order valence-corrected chi connectivity index (χ4v) is 1.26. The van der Waals surface area contributed by atoms with Crippen LogP contribution in [-0.4, -0.2) is 24.5 Å². The molecule has 92 valence electrons. The highest BCUT2D eigenvalue weighted by Crippen LogP contribution is 2.07. The highest BCUT2D eigenvalue weighted by molar-refractivity contribution is 9.09. The van der Waals surface area contributed by atoms with E-state index in [0.717, 1.165) is 11.3 Å². The average molecular weight is 299 g/mol. The number of allylic oxidation sites excluding steroid dienone is 1. The summed E-state index contributed by atoms with van der Waals surface area (Å²) in [6, 6.07) is 9.42. The second kappa shape index (κ2) is 7.90. The molecule has 0 fully saturated rings. The molecule has 0 saturated carbocycles. The first-order valence-electron chi connectivity index (χ1n) is 5.30. The third kappa shape index (κ3) is 6.12. The van der Waals surface area contributed by atoms with Crippen LogP contribution in [-0.2, 0) is 9.53 Å². The van der Waals surface area contributed by atoms with Gasteiger partial charge in [0.1, 0.15) is 19.0 Å². The first-order chi connectivity index (χ1) is 8.22. The monoisotopic (exact) mass is 298 g/mol. The lowest BCUT2D eigenvalue weighted by molar-refractivity contribution is -0.138. The van der Waals surface area contributed by atoms with Gasteiger partial charge >= 0.3 is 5.97 Å². The maximum absolute atomic E-state index is 11.2. The van der Waals surface area contributed by atoms with Crippen LogP contribution in [0.4, 0.5) is 0 Å². The zero-order chi connectivity index (χ0) is 12.5. The second-order valence-electron chi connectivity index (χ2n) is 3.45. The standard InChI is InChI=1S/C13H15BrO3/c1-11(10-14)9-13(15)17-8-7-16-12-5-3-2-4-6-12/h2-6,9H,7-8,10H2,1H3/b11-9+. The minimum atomic E-state index is -0.335. The van der Waals surface area contributed by atoms with E-state index in [4.69, 9.17) is 9.47 Å². The van der Waals surface area contributed by atoms with Crippen LogP contribution < -0.4 is 4.74 Å². The molecule has 0 heterocycles. The Hall–Kier alpha value is -1.29. The largest absolute Gasteiger partial charge is 0.490 e. The van der Waals surface area contributed by atoms with Gasteiger partial charge in [-0.25, -0.2) is 4.79 Å². The lowest BCUT2D eigenvalue weighted by Crippen LogP contribution is -2.10. The predicted octanol–water partition coefficient (Wildman–Crippen LogP) is 2.95. The van der Waals surface area contributed by atoms with Gasteiger partial charge in [-0.1, -0.05) is 39.7 Å². The van der Waals surface area contributed by atoms with Crippen molar-refractivity contribution in [2.24, 2.45) is 0 Å². The molecule has 0 spiro atoms. The van der Waals surface area contributed by atoms with Crippen molar-refractivity contribution in [3.8, 4) is 5.75 Å². The fourth-order valence-electron chi connectivity index (χ4n) is 1.10. The smallest absolute Gasteiger partial charge is 0.330 e. The average Bonchev–Trinajstić information content (AvgIpc) is 2.36. The van der Waals surface area contributed by atoms with Crippen LogP contribution in [0.1, 0.15) is 6.92 Å². The molecule has 0 unspecified atom stereocenters. The number of para-hydroxylation sites is 1. The summed E-state index contributed by atoms with van der Waals surface area (Å²) in [6.07, 6.45) is 1.47. The summed E-state index contributed by atoms with van der Waals surface area (Å²) in [5, 5.41) is 0.669. The van der Waals surface area contributed by atoms with Crippen LogP contribution in [0, 0.1) is 0 Å². The minimum Gasteiger partial charge on any atom is -0.490 e. The van der Waals surface area contributed by atoms with Crippen molar-refractivity contribution in [1.82, 2.24) is 0 Å². The first-order valence-corrected chi connectivity index (χ1v) is 6.42. The summed E-state index contributed by atoms with van der Waals surface area (Å²) in [4.78, 5) is 11.2. The van der Waals surface area contributed by atoms with Gasteiger partial charge in [0.05, 0.1) is 0 Å². The summed E-state index contributed by atoms with van der Waals surface area (Å²) in [6.45, 7) is 2.47. The number of hydrogen-bond donors (Lipinski definition) is 0. The second-order valence-corrected chi connectivity index (χ2v) is 4.01. The first kappa shape index (κ1) is 13.8. The van der Waals surface area contributed by atoms with Gasteiger partial charge in [-0.2, -0.15) is 0 Å². The van der Waals surface area contributed by atoms with Crippen molar-refractivity contribution in [3.05, 3.63) is 42.0 Å². The van der Waals surface area contributed by atoms with Gasteiger partial charge in [-0.05, 0) is 19.1 Å². The summed E-state index contributed by atoms with van der Waals surface area (Å²) in [7, 11) is 0. The molecule has 0 N–H and O–H groups in total. The van der Waals surface area contributed by atoms with E-state index in [9.17, 15) is 4.79 Å². The van der Waals surface area contributed by atoms with E-state index in [1.54, 1.807) is 0 Å². The minimum absolute atomic E-state index is 0.250. The number of carbonyl (C=O) groups excluding carboxylic acids is 1. The fraction of sp³-hybridized carbons (Fsp3) is 0.308. The molecule has 0 bridgehead atoms. The van der Waals surface area contributed by atoms with Crippen molar-refractivity contribution >= 4 is 21.9 Å². The number of alkyl halides is 1. The molecular weight excluding hydrogens is 284 g/mol. The topological polar surface area (TPSA) is 35.5 Å². The summed E-state index contributed by atoms with van der Waals surface area (Å²) in [5.41, 5.74) is 0.930. The molecule has 17 heavy (non-hydrogen) atoms. The van der Waals surface area contributed by atoms with Crippen LogP contribution >= 0.6 is 15.9 Å². The maximum Gasteiger partial charge on any atom is 0.330 e. The number of esters is 1. The van der Waals surface area contributed by atoms with E-state index in [2.05, 4.69) is 15.9 Å². The van der Waals surface area contributed by atoms with Crippen LogP contribution in [0.25, 0.3) is 0 Å². The van der Waals surface area contributed by atoms with Crippen molar-refractivity contribution in [2.75, 3.05) is 18.5 Å². The molecule has 0 saturated heterocycles. The zero-order valence-electron chi connectivity index (χ0n) is 9.69. The maximum atomic E-state index is 11.2. The SMILES string of the molecule is C/C(=C\C(=O)OCCOc1ccccc1)CBr. The molecule has 1 rings (SSSR count). The molecule has 0 atom stereocenters. The van der Waals surface area contributed by atoms with Crippen molar-refractivity contribution < 1.29 is 14.3 Å². The molecule has 4 heteroatoms. The van der Waals surface area contributed by atoms with Crippen LogP contribution in [0.3, 0.4) is 0 Å². The highest BCUT2D eigenvalue weighted by atomic mass is 79.9. The molecular formula is C13H15BrO3. The van der Waals surface area contributed by atoms with Crippen LogP contribution in [0.15, 0.2) is 42.0 Å². The number of hydrogen-bond acceptors (Lipinski definition) is 3. The molecule has 0 aliphatic carbocycles. The van der Waals surface area contributed by atoms with Gasteiger partial charge in [0.25, 0.3) is 0 Å². The Balaban J connectivity index is 2.19. The molecule has 1 aromatic carbocycles. The lowest BCUT2D eigenvalue weighted by atomic mass is 10.3. The quantitative estimate of drug-likeness (QED) is 0.351. The summed E-state index contributed by atoms with van der Waals surface area (Å²) in [5.74, 6) is 0.439. The number of halogens is 1. The zero-order valence-corrected chi connectivity index (χ0v) is 11.3. The molecule has 0 aromatic heterocycles. The predicted molar refractivity (Wildman–Crippen MR) is 70.4 cm³/mol. The van der Waals surface area contributed by atoms with Crippen molar-refractivity contribution in [3.63, 3.8) is 0 Å². The Morgan fingerprint density at radius 3 is 2.65 bits per heavy atom. The van der Waals surface area contributed by atoms with Crippen LogP contribution in [0.2, 0.25) is 0 Å². The number of carbonyl (C=O) groups is 1. The summed E-state index contributed by atoms with van der Waals surface area (Å²) < 4.78 is 10.4. The third-order valence-corrected chi connectivity index (χ3v) is 2.80. The molecule has 0 aliphatic rings. The van der Waals surface area contributed by atoms with Crippen LogP contribution in [0.5, 0.6) is 5.75 Å². The lowest BCUT2D eigenvalue weighted by Gasteiger charge is -2.05. The molecule has 0 radical (unpaired) electrons. The highest BCUT2D eigenvalue weighted by Gasteiger charge is 1.99. The Morgan fingerprint density at radius 1 is 1.29 bits per heavy atom. The van der Waals surface area contributed by atoms with E-state index in [1.165, 1.54) is 6.08 Å². The van der Waals surface area contributed by atoms with E-state index < -0.39 is 0 Å². The van der Waals surface area contributed by atoms with Crippen molar-refractivity contribution in [2.45, 2.75) is 6.92 Å². The number of rotatable bonds is 6. The number of benzene rings is 1. The third-order valence-electron chi connectivity index (χ3n) is 1.91. The van der Waals surface area contributed by atoms with Gasteiger partial charge in [0, 0.05) is 11.4 Å². The van der Waals surface area contributed by atoms with E-state index >= 15 is 0 Å². The Labute approximate surface area is 110 Å². The molecule has 1 aromatic rings.